The summed E-state index contributed by atoms with van der Waals surface area (Å²) < 4.78 is 1.93. The van der Waals surface area contributed by atoms with Crippen molar-refractivity contribution in [1.82, 2.24) is 25.4 Å². The molecule has 0 aromatic carbocycles. The van der Waals surface area contributed by atoms with Crippen molar-refractivity contribution in [3.8, 4) is 0 Å². The van der Waals surface area contributed by atoms with Gasteiger partial charge in [0.1, 0.15) is 6.33 Å². The topological polar surface area (TPSA) is 88.9 Å². The monoisotopic (exact) mass is 297 g/mol. The zero-order chi connectivity index (χ0) is 14.5. The van der Waals surface area contributed by atoms with Crippen molar-refractivity contribution in [2.24, 2.45) is 0 Å². The van der Waals surface area contributed by atoms with Crippen molar-refractivity contribution in [3.05, 3.63) is 6.33 Å². The van der Waals surface area contributed by atoms with Crippen molar-refractivity contribution in [2.75, 3.05) is 12.3 Å². The molecule has 1 unspecified atom stereocenters. The lowest BCUT2D eigenvalue weighted by molar-refractivity contribution is -0.124. The SMILES string of the molecule is CC(C)n1cnnc1SCC(=O)NC1CCC(=O)NC1. The normalized spacial score (nSPS) is 18.9. The van der Waals surface area contributed by atoms with Crippen LogP contribution >= 0.6 is 11.8 Å². The maximum absolute atomic E-state index is 11.9. The van der Waals surface area contributed by atoms with Gasteiger partial charge in [0.2, 0.25) is 11.8 Å². The Hall–Kier alpha value is -1.57. The Morgan fingerprint density at radius 2 is 2.45 bits per heavy atom. The molecule has 0 bridgehead atoms. The first-order chi connectivity index (χ1) is 9.56. The van der Waals surface area contributed by atoms with Crippen molar-refractivity contribution < 1.29 is 9.59 Å². The quantitative estimate of drug-likeness (QED) is 0.765. The minimum absolute atomic E-state index is 0.0313. The van der Waals surface area contributed by atoms with E-state index in [0.717, 1.165) is 5.16 Å². The van der Waals surface area contributed by atoms with Crippen LogP contribution in [0.1, 0.15) is 32.7 Å². The minimum atomic E-state index is -0.0468. The third kappa shape index (κ3) is 3.96. The van der Waals surface area contributed by atoms with Crippen LogP contribution in [0.15, 0.2) is 11.5 Å². The minimum Gasteiger partial charge on any atom is -0.354 e. The molecule has 1 saturated heterocycles. The van der Waals surface area contributed by atoms with E-state index in [1.807, 2.05) is 18.4 Å². The molecule has 0 radical (unpaired) electrons. The van der Waals surface area contributed by atoms with E-state index < -0.39 is 0 Å². The molecule has 1 atom stereocenters. The number of amides is 2. The third-order valence-electron chi connectivity index (χ3n) is 3.06. The number of nitrogens with one attached hydrogen (secondary N) is 2. The highest BCUT2D eigenvalue weighted by atomic mass is 32.2. The third-order valence-corrected chi connectivity index (χ3v) is 4.02. The van der Waals surface area contributed by atoms with E-state index in [1.54, 1.807) is 6.33 Å². The predicted molar refractivity (Wildman–Crippen MR) is 75.3 cm³/mol. The number of carbonyl (C=O) groups is 2. The maximum atomic E-state index is 11.9. The summed E-state index contributed by atoms with van der Waals surface area (Å²) in [6, 6.07) is 0.299. The van der Waals surface area contributed by atoms with Gasteiger partial charge in [-0.3, -0.25) is 9.59 Å². The first kappa shape index (κ1) is 14.8. The number of hydrogen-bond donors (Lipinski definition) is 2. The van der Waals surface area contributed by atoms with Crippen LogP contribution in [0, 0.1) is 0 Å². The highest BCUT2D eigenvalue weighted by Gasteiger charge is 2.20. The van der Waals surface area contributed by atoms with Gasteiger partial charge in [0, 0.05) is 25.0 Å². The number of hydrogen-bond acceptors (Lipinski definition) is 5. The molecule has 20 heavy (non-hydrogen) atoms. The van der Waals surface area contributed by atoms with Crippen LogP contribution in [0.2, 0.25) is 0 Å². The molecule has 0 saturated carbocycles. The zero-order valence-corrected chi connectivity index (χ0v) is 12.4. The first-order valence-corrected chi connectivity index (χ1v) is 7.63. The fourth-order valence-corrected chi connectivity index (χ4v) is 2.80. The van der Waals surface area contributed by atoms with Gasteiger partial charge in [-0.15, -0.1) is 10.2 Å². The van der Waals surface area contributed by atoms with Gasteiger partial charge >= 0.3 is 0 Å². The predicted octanol–water partition coefficient (Wildman–Crippen LogP) is 0.346. The highest BCUT2D eigenvalue weighted by Crippen LogP contribution is 2.18. The number of nitrogens with zero attached hydrogens (tertiary/aromatic N) is 3. The molecule has 0 aliphatic carbocycles. The summed E-state index contributed by atoms with van der Waals surface area (Å²) in [5.41, 5.74) is 0. The average Bonchev–Trinajstić information content (AvgIpc) is 2.88. The summed E-state index contributed by atoms with van der Waals surface area (Å²) in [4.78, 5) is 22.9. The van der Waals surface area contributed by atoms with Crippen LogP contribution < -0.4 is 10.6 Å². The number of piperidine rings is 1. The molecule has 1 aromatic rings. The highest BCUT2D eigenvalue weighted by molar-refractivity contribution is 7.99. The van der Waals surface area contributed by atoms with E-state index in [9.17, 15) is 9.59 Å². The van der Waals surface area contributed by atoms with Crippen LogP contribution in [0.4, 0.5) is 0 Å². The Morgan fingerprint density at radius 1 is 1.65 bits per heavy atom. The molecule has 110 valence electrons. The van der Waals surface area contributed by atoms with Gasteiger partial charge < -0.3 is 15.2 Å². The average molecular weight is 297 g/mol. The molecule has 2 rings (SSSR count). The van der Waals surface area contributed by atoms with E-state index in [1.165, 1.54) is 11.8 Å². The molecule has 7 nitrogen and oxygen atoms in total. The second-order valence-corrected chi connectivity index (χ2v) is 5.95. The van der Waals surface area contributed by atoms with Gasteiger partial charge in [-0.2, -0.15) is 0 Å². The Morgan fingerprint density at radius 3 is 3.10 bits per heavy atom. The molecule has 1 aromatic heterocycles. The molecule has 2 N–H and O–H groups in total. The molecular weight excluding hydrogens is 278 g/mol. The second kappa shape index (κ2) is 6.74. The standard InChI is InChI=1S/C12H19N5O2S/c1-8(2)17-7-14-16-12(17)20-6-11(19)15-9-3-4-10(18)13-5-9/h7-9H,3-6H2,1-2H3,(H,13,18)(H,15,19). The van der Waals surface area contributed by atoms with Crippen molar-refractivity contribution >= 4 is 23.6 Å². The van der Waals surface area contributed by atoms with Crippen LogP contribution in [0.5, 0.6) is 0 Å². The summed E-state index contributed by atoms with van der Waals surface area (Å²) in [7, 11) is 0. The summed E-state index contributed by atoms with van der Waals surface area (Å²) in [5, 5.41) is 14.3. The van der Waals surface area contributed by atoms with Crippen molar-refractivity contribution in [2.45, 2.75) is 43.9 Å². The molecule has 2 amide bonds. The molecule has 0 spiro atoms. The number of aromatic nitrogens is 3. The van der Waals surface area contributed by atoms with Gasteiger partial charge in [-0.25, -0.2) is 0 Å². The molecular formula is C12H19N5O2S. The molecule has 1 fully saturated rings. The number of thioether (sulfide) groups is 1. The lowest BCUT2D eigenvalue weighted by Gasteiger charge is -2.23. The first-order valence-electron chi connectivity index (χ1n) is 6.64. The number of rotatable bonds is 5. The maximum Gasteiger partial charge on any atom is 0.230 e. The molecule has 1 aliphatic rings. The summed E-state index contributed by atoms with van der Waals surface area (Å²) in [6.45, 7) is 4.59. The van der Waals surface area contributed by atoms with Crippen LogP contribution in [-0.2, 0) is 9.59 Å². The van der Waals surface area contributed by atoms with Crippen molar-refractivity contribution in [3.63, 3.8) is 0 Å². The Labute approximate surface area is 121 Å². The van der Waals surface area contributed by atoms with Crippen LogP contribution in [-0.4, -0.2) is 44.9 Å². The van der Waals surface area contributed by atoms with Gasteiger partial charge in [-0.05, 0) is 20.3 Å². The van der Waals surface area contributed by atoms with Gasteiger partial charge in [-0.1, -0.05) is 11.8 Å². The van der Waals surface area contributed by atoms with Gasteiger partial charge in [0.05, 0.1) is 5.75 Å². The fraction of sp³-hybridized carbons (Fsp3) is 0.667. The molecule has 1 aliphatic heterocycles. The van der Waals surface area contributed by atoms with Crippen molar-refractivity contribution in [1.29, 1.82) is 0 Å². The zero-order valence-electron chi connectivity index (χ0n) is 11.6. The van der Waals surface area contributed by atoms with E-state index in [2.05, 4.69) is 20.8 Å². The Balaban J connectivity index is 1.77. The summed E-state index contributed by atoms with van der Waals surface area (Å²) >= 11 is 1.37. The lowest BCUT2D eigenvalue weighted by atomic mass is 10.1. The van der Waals surface area contributed by atoms with Crippen LogP contribution in [0.25, 0.3) is 0 Å². The Kier molecular flexibility index (Phi) is 4.99. The number of carbonyl (C=O) groups excluding carboxylic acids is 2. The smallest absolute Gasteiger partial charge is 0.230 e. The van der Waals surface area contributed by atoms with E-state index in [0.29, 0.717) is 25.1 Å². The van der Waals surface area contributed by atoms with Gasteiger partial charge in [0.15, 0.2) is 5.16 Å². The summed E-state index contributed by atoms with van der Waals surface area (Å²) in [5.74, 6) is 0.305. The fourth-order valence-electron chi connectivity index (χ4n) is 1.94. The molecule has 8 heteroatoms. The second-order valence-electron chi connectivity index (χ2n) is 5.01. The Bertz CT molecular complexity index is 478. The largest absolute Gasteiger partial charge is 0.354 e. The summed E-state index contributed by atoms with van der Waals surface area (Å²) in [6.07, 6.45) is 2.84. The van der Waals surface area contributed by atoms with E-state index in [-0.39, 0.29) is 23.9 Å². The lowest BCUT2D eigenvalue weighted by Crippen LogP contribution is -2.48. The van der Waals surface area contributed by atoms with E-state index >= 15 is 0 Å². The van der Waals surface area contributed by atoms with E-state index in [4.69, 9.17) is 0 Å². The van der Waals surface area contributed by atoms with Crippen LogP contribution in [0.3, 0.4) is 0 Å². The van der Waals surface area contributed by atoms with Gasteiger partial charge in [0.25, 0.3) is 0 Å². The molecule has 2 heterocycles.